The third-order valence-corrected chi connectivity index (χ3v) is 4.91. The largest absolute Gasteiger partial charge is 0.493 e. The van der Waals surface area contributed by atoms with E-state index in [0.29, 0.717) is 53.2 Å². The molecule has 0 radical (unpaired) electrons. The molecule has 0 unspecified atom stereocenters. The van der Waals surface area contributed by atoms with E-state index in [-0.39, 0.29) is 5.11 Å². The number of methoxy groups -OCH3 is 3. The second kappa shape index (κ2) is 12.8. The maximum Gasteiger partial charge on any atom is 0.269 e. The maximum absolute atomic E-state index is 12.5. The van der Waals surface area contributed by atoms with Gasteiger partial charge in [0, 0.05) is 12.1 Å². The van der Waals surface area contributed by atoms with Crippen molar-refractivity contribution >= 4 is 34.8 Å². The highest BCUT2D eigenvalue weighted by atomic mass is 35.5. The Morgan fingerprint density at radius 3 is 2.38 bits per heavy atom. The van der Waals surface area contributed by atoms with Crippen LogP contribution in [0.4, 0.5) is 0 Å². The first-order valence-corrected chi connectivity index (χ1v) is 10.8. The van der Waals surface area contributed by atoms with Gasteiger partial charge in [0.15, 0.2) is 28.1 Å². The van der Waals surface area contributed by atoms with Crippen LogP contribution in [0.15, 0.2) is 30.3 Å². The summed E-state index contributed by atoms with van der Waals surface area (Å²) in [5.74, 6) is 1.71. The van der Waals surface area contributed by atoms with Crippen molar-refractivity contribution < 1.29 is 23.7 Å². The lowest BCUT2D eigenvalue weighted by atomic mass is 10.1. The van der Waals surface area contributed by atoms with E-state index >= 15 is 0 Å². The first-order valence-electron chi connectivity index (χ1n) is 9.98. The summed E-state index contributed by atoms with van der Waals surface area (Å²) >= 11 is 11.5. The van der Waals surface area contributed by atoms with Gasteiger partial charge in [-0.05, 0) is 54.9 Å². The first kappa shape index (κ1) is 25.4. The lowest BCUT2D eigenvalue weighted by molar-refractivity contribution is 0.0943. The number of hydrazine groups is 1. The molecule has 3 N–H and O–H groups in total. The Bertz CT molecular complexity index is 942. The molecule has 2 rings (SSSR count). The molecule has 0 bridgehead atoms. The molecule has 0 saturated heterocycles. The van der Waals surface area contributed by atoms with Crippen molar-refractivity contribution in [3.63, 3.8) is 0 Å². The summed E-state index contributed by atoms with van der Waals surface area (Å²) in [5, 5.41) is 3.60. The number of carbonyl (C=O) groups is 1. The topological polar surface area (TPSA) is 90.1 Å². The van der Waals surface area contributed by atoms with Crippen LogP contribution in [0.2, 0.25) is 5.02 Å². The van der Waals surface area contributed by atoms with Gasteiger partial charge in [-0.3, -0.25) is 15.6 Å². The third-order valence-electron chi connectivity index (χ3n) is 4.38. The average Bonchev–Trinajstić information content (AvgIpc) is 2.81. The minimum atomic E-state index is -0.420. The quantitative estimate of drug-likeness (QED) is 0.351. The summed E-state index contributed by atoms with van der Waals surface area (Å²) in [4.78, 5) is 12.5. The van der Waals surface area contributed by atoms with E-state index in [4.69, 9.17) is 42.8 Å². The average molecular weight is 482 g/mol. The Hall–Kier alpha value is -2.91. The lowest BCUT2D eigenvalue weighted by Crippen LogP contribution is -2.47. The van der Waals surface area contributed by atoms with Gasteiger partial charge >= 0.3 is 0 Å². The SMILES string of the molecule is CCCOc1c(Cl)cc(C(=O)NNC(=S)NCCc2ccc(OC)c(OC)c2)cc1OC. The van der Waals surface area contributed by atoms with Crippen LogP contribution in [0.5, 0.6) is 23.0 Å². The highest BCUT2D eigenvalue weighted by molar-refractivity contribution is 7.80. The molecular formula is C22H28ClN3O5S. The smallest absolute Gasteiger partial charge is 0.269 e. The molecule has 0 heterocycles. The van der Waals surface area contributed by atoms with Crippen molar-refractivity contribution in [3.8, 4) is 23.0 Å². The van der Waals surface area contributed by atoms with Gasteiger partial charge in [-0.15, -0.1) is 0 Å². The molecule has 0 atom stereocenters. The Kier molecular flexibility index (Phi) is 10.2. The van der Waals surface area contributed by atoms with E-state index in [9.17, 15) is 4.79 Å². The molecule has 0 aliphatic carbocycles. The molecular weight excluding hydrogens is 454 g/mol. The predicted octanol–water partition coefficient (Wildman–Crippen LogP) is 3.51. The van der Waals surface area contributed by atoms with E-state index in [1.807, 2.05) is 25.1 Å². The van der Waals surface area contributed by atoms with Crippen LogP contribution >= 0.6 is 23.8 Å². The minimum Gasteiger partial charge on any atom is -0.493 e. The number of hydrogen-bond donors (Lipinski definition) is 3. The van der Waals surface area contributed by atoms with E-state index in [1.54, 1.807) is 20.3 Å². The Morgan fingerprint density at radius 2 is 1.72 bits per heavy atom. The number of rotatable bonds is 10. The highest BCUT2D eigenvalue weighted by Crippen LogP contribution is 2.36. The summed E-state index contributed by atoms with van der Waals surface area (Å²) in [6.07, 6.45) is 1.52. The molecule has 0 aromatic heterocycles. The first-order chi connectivity index (χ1) is 15.4. The molecule has 174 valence electrons. The van der Waals surface area contributed by atoms with Crippen LogP contribution in [-0.2, 0) is 6.42 Å². The minimum absolute atomic E-state index is 0.278. The van der Waals surface area contributed by atoms with Gasteiger partial charge in [0.2, 0.25) is 0 Å². The highest BCUT2D eigenvalue weighted by Gasteiger charge is 2.16. The van der Waals surface area contributed by atoms with E-state index in [0.717, 1.165) is 12.0 Å². The fraction of sp³-hybridized carbons (Fsp3) is 0.364. The normalized spacial score (nSPS) is 10.2. The van der Waals surface area contributed by atoms with Gasteiger partial charge in [-0.25, -0.2) is 0 Å². The van der Waals surface area contributed by atoms with Crippen molar-refractivity contribution in [2.75, 3.05) is 34.5 Å². The summed E-state index contributed by atoms with van der Waals surface area (Å²) in [6, 6.07) is 8.78. The molecule has 8 nitrogen and oxygen atoms in total. The van der Waals surface area contributed by atoms with Crippen molar-refractivity contribution in [1.29, 1.82) is 0 Å². The molecule has 2 aromatic carbocycles. The molecule has 10 heteroatoms. The van der Waals surface area contributed by atoms with Gasteiger partial charge in [0.1, 0.15) is 0 Å². The van der Waals surface area contributed by atoms with E-state index < -0.39 is 5.91 Å². The van der Waals surface area contributed by atoms with Crippen LogP contribution in [-0.4, -0.2) is 45.5 Å². The Labute approximate surface area is 198 Å². The van der Waals surface area contributed by atoms with Crippen molar-refractivity contribution in [2.24, 2.45) is 0 Å². The monoisotopic (exact) mass is 481 g/mol. The number of amides is 1. The number of halogens is 1. The number of ether oxygens (including phenoxy) is 4. The van der Waals surface area contributed by atoms with Gasteiger partial charge < -0.3 is 24.3 Å². The number of hydrogen-bond acceptors (Lipinski definition) is 6. The summed E-state index contributed by atoms with van der Waals surface area (Å²) < 4.78 is 21.4. The zero-order chi connectivity index (χ0) is 23.5. The van der Waals surface area contributed by atoms with E-state index in [1.165, 1.54) is 13.2 Å². The van der Waals surface area contributed by atoms with Crippen LogP contribution in [0.25, 0.3) is 0 Å². The van der Waals surface area contributed by atoms with Crippen molar-refractivity contribution in [1.82, 2.24) is 16.2 Å². The summed E-state index contributed by atoms with van der Waals surface area (Å²) in [7, 11) is 4.67. The van der Waals surface area contributed by atoms with Gasteiger partial charge in [-0.2, -0.15) is 0 Å². The molecule has 2 aromatic rings. The molecule has 1 amide bonds. The zero-order valence-corrected chi connectivity index (χ0v) is 20.1. The second-order valence-electron chi connectivity index (χ2n) is 6.61. The van der Waals surface area contributed by atoms with Crippen LogP contribution in [0.3, 0.4) is 0 Å². The molecule has 32 heavy (non-hydrogen) atoms. The van der Waals surface area contributed by atoms with Crippen molar-refractivity contribution in [3.05, 3.63) is 46.5 Å². The van der Waals surface area contributed by atoms with Crippen LogP contribution < -0.4 is 35.1 Å². The number of benzene rings is 2. The van der Waals surface area contributed by atoms with Gasteiger partial charge in [0.05, 0.1) is 33.0 Å². The second-order valence-corrected chi connectivity index (χ2v) is 7.43. The number of thiocarbonyl (C=S) groups is 1. The molecule has 0 aliphatic heterocycles. The molecule has 0 fully saturated rings. The number of carbonyl (C=O) groups excluding carboxylic acids is 1. The Morgan fingerprint density at radius 1 is 1.00 bits per heavy atom. The van der Waals surface area contributed by atoms with E-state index in [2.05, 4.69) is 16.2 Å². The van der Waals surface area contributed by atoms with Gasteiger partial charge in [0.25, 0.3) is 5.91 Å². The number of nitrogens with one attached hydrogen (secondary N) is 3. The molecule has 0 spiro atoms. The third kappa shape index (κ3) is 7.06. The maximum atomic E-state index is 12.5. The standard InChI is InChI=1S/C22H28ClN3O5S/c1-5-10-31-20-16(23)12-15(13-19(20)30-4)21(27)25-26-22(32)24-9-8-14-6-7-17(28-2)18(11-14)29-3/h6-7,11-13H,5,8-10H2,1-4H3,(H,25,27)(H2,24,26,32). The van der Waals surface area contributed by atoms with Crippen LogP contribution in [0.1, 0.15) is 29.3 Å². The van der Waals surface area contributed by atoms with Crippen molar-refractivity contribution in [2.45, 2.75) is 19.8 Å². The molecule has 0 saturated carbocycles. The zero-order valence-electron chi connectivity index (χ0n) is 18.5. The fourth-order valence-corrected chi connectivity index (χ4v) is 3.20. The lowest BCUT2D eigenvalue weighted by Gasteiger charge is -2.15. The fourth-order valence-electron chi connectivity index (χ4n) is 2.78. The molecule has 0 aliphatic rings. The summed E-state index contributed by atoms with van der Waals surface area (Å²) in [5.41, 5.74) is 6.56. The Balaban J connectivity index is 1.86. The van der Waals surface area contributed by atoms with Gasteiger partial charge in [-0.1, -0.05) is 24.6 Å². The predicted molar refractivity (Wildman–Crippen MR) is 128 cm³/mol. The van der Waals surface area contributed by atoms with Crippen LogP contribution in [0, 0.1) is 0 Å². The summed E-state index contributed by atoms with van der Waals surface area (Å²) in [6.45, 7) is 3.03.